The number of anilines is 3. The van der Waals surface area contributed by atoms with Crippen LogP contribution in [0.25, 0.3) is 0 Å². The summed E-state index contributed by atoms with van der Waals surface area (Å²) in [4.78, 5) is 68.8. The summed E-state index contributed by atoms with van der Waals surface area (Å²) in [5.41, 5.74) is 1.34. The predicted molar refractivity (Wildman–Crippen MR) is 157 cm³/mol. The van der Waals surface area contributed by atoms with Crippen LogP contribution in [-0.2, 0) is 14.3 Å². The monoisotopic (exact) mass is 574 g/mol. The van der Waals surface area contributed by atoms with Crippen LogP contribution in [-0.4, -0.2) is 55.3 Å². The number of rotatable bonds is 7. The minimum Gasteiger partial charge on any atom is -0.462 e. The van der Waals surface area contributed by atoms with Gasteiger partial charge in [-0.05, 0) is 61.9 Å². The van der Waals surface area contributed by atoms with Gasteiger partial charge in [-0.2, -0.15) is 0 Å². The van der Waals surface area contributed by atoms with E-state index in [9.17, 15) is 24.0 Å². The average Bonchev–Trinajstić information content (AvgIpc) is 3.45. The second-order valence-electron chi connectivity index (χ2n) is 10.9. The van der Waals surface area contributed by atoms with Crippen molar-refractivity contribution in [3.63, 3.8) is 0 Å². The summed E-state index contributed by atoms with van der Waals surface area (Å²) >= 11 is 0. The number of Topliss-reactive ketones (excluding diaryl/α,β-unsaturated/α-hetero) is 1. The molecule has 42 heavy (non-hydrogen) atoms. The lowest BCUT2D eigenvalue weighted by Crippen LogP contribution is -2.55. The van der Waals surface area contributed by atoms with Crippen LogP contribution in [0.2, 0.25) is 0 Å². The first-order valence-electron chi connectivity index (χ1n) is 13.5. The Bertz CT molecular complexity index is 1510. The first kappa shape index (κ1) is 30.0. The zero-order valence-electron chi connectivity index (χ0n) is 24.2. The number of amides is 4. The van der Waals surface area contributed by atoms with Crippen LogP contribution < -0.4 is 20.4 Å². The van der Waals surface area contributed by atoms with E-state index in [1.807, 2.05) is 13.0 Å². The Morgan fingerprint density at radius 3 is 2.45 bits per heavy atom. The highest BCUT2D eigenvalue weighted by molar-refractivity contribution is 6.12. The molecule has 4 amide bonds. The van der Waals surface area contributed by atoms with E-state index in [0.29, 0.717) is 17.1 Å². The standard InChI is InChI=1S/C31H34N4O7/c1-6-41-28(38)20-9-7-10-21(16-20)32-30(40)33-22-17-35(29(39)31(3,4)5)23-13-12-19(2)15-24(23)34(27(22)37)18-25(36)26-11-8-14-42-26/h7-16,22H,6,17-18H2,1-5H3,(H2,32,33,40). The summed E-state index contributed by atoms with van der Waals surface area (Å²) in [5, 5.41) is 5.30. The predicted octanol–water partition coefficient (Wildman–Crippen LogP) is 4.56. The lowest BCUT2D eigenvalue weighted by atomic mass is 9.94. The molecule has 0 saturated heterocycles. The lowest BCUT2D eigenvalue weighted by Gasteiger charge is -2.31. The normalized spacial score (nSPS) is 15.0. The molecule has 11 nitrogen and oxygen atoms in total. The number of nitrogens with zero attached hydrogens (tertiary/aromatic N) is 2. The van der Waals surface area contributed by atoms with Crippen molar-refractivity contribution in [1.82, 2.24) is 5.32 Å². The third kappa shape index (κ3) is 6.68. The van der Waals surface area contributed by atoms with Gasteiger partial charge in [0.25, 0.3) is 5.91 Å². The highest BCUT2D eigenvalue weighted by Gasteiger charge is 2.40. The van der Waals surface area contributed by atoms with E-state index in [1.165, 1.54) is 28.2 Å². The Kier molecular flexibility index (Phi) is 8.79. The topological polar surface area (TPSA) is 138 Å². The molecule has 1 aromatic heterocycles. The quantitative estimate of drug-likeness (QED) is 0.312. The maximum atomic E-state index is 14.0. The van der Waals surface area contributed by atoms with Crippen LogP contribution in [0.1, 0.15) is 54.2 Å². The van der Waals surface area contributed by atoms with Crippen LogP contribution in [0.4, 0.5) is 21.9 Å². The number of aryl methyl sites for hydroxylation is 1. The van der Waals surface area contributed by atoms with Gasteiger partial charge < -0.3 is 29.6 Å². The van der Waals surface area contributed by atoms with Crippen molar-refractivity contribution in [1.29, 1.82) is 0 Å². The first-order valence-corrected chi connectivity index (χ1v) is 13.5. The molecule has 220 valence electrons. The molecule has 2 aromatic carbocycles. The van der Waals surface area contributed by atoms with E-state index in [4.69, 9.17) is 9.15 Å². The molecule has 1 aliphatic heterocycles. The highest BCUT2D eigenvalue weighted by atomic mass is 16.5. The van der Waals surface area contributed by atoms with Crippen LogP contribution in [0.3, 0.4) is 0 Å². The SMILES string of the molecule is CCOC(=O)c1cccc(NC(=O)NC2CN(C(=O)C(C)(C)C)c3ccc(C)cc3N(CC(=O)c3ccco3)C2=O)c1. The van der Waals surface area contributed by atoms with E-state index in [-0.39, 0.29) is 36.9 Å². The summed E-state index contributed by atoms with van der Waals surface area (Å²) in [6, 6.07) is 12.6. The lowest BCUT2D eigenvalue weighted by molar-refractivity contribution is -0.126. The molecule has 2 N–H and O–H groups in total. The molecule has 0 bridgehead atoms. The number of fused-ring (bicyclic) bond motifs is 1. The summed E-state index contributed by atoms with van der Waals surface area (Å²) < 4.78 is 10.3. The number of hydrogen-bond acceptors (Lipinski definition) is 7. The van der Waals surface area contributed by atoms with Gasteiger partial charge in [0.05, 0.1) is 42.9 Å². The number of carbonyl (C=O) groups excluding carboxylic acids is 5. The van der Waals surface area contributed by atoms with Crippen LogP contribution in [0.5, 0.6) is 0 Å². The minimum absolute atomic E-state index is 0.0765. The van der Waals surface area contributed by atoms with Gasteiger partial charge >= 0.3 is 12.0 Å². The molecule has 1 atom stereocenters. The van der Waals surface area contributed by atoms with Gasteiger partial charge in [0.15, 0.2) is 5.76 Å². The van der Waals surface area contributed by atoms with Crippen molar-refractivity contribution in [3.05, 3.63) is 77.7 Å². The van der Waals surface area contributed by atoms with E-state index in [2.05, 4.69) is 10.6 Å². The first-order chi connectivity index (χ1) is 19.9. The fourth-order valence-electron chi connectivity index (χ4n) is 4.53. The summed E-state index contributed by atoms with van der Waals surface area (Å²) in [6.07, 6.45) is 1.37. The number of ether oxygens (including phenoxy) is 1. The molecule has 0 radical (unpaired) electrons. The Morgan fingerprint density at radius 1 is 1.02 bits per heavy atom. The molecule has 1 aliphatic rings. The fourth-order valence-corrected chi connectivity index (χ4v) is 4.53. The molecule has 11 heteroatoms. The Morgan fingerprint density at radius 2 is 1.79 bits per heavy atom. The van der Waals surface area contributed by atoms with E-state index in [0.717, 1.165) is 5.56 Å². The summed E-state index contributed by atoms with van der Waals surface area (Å²) in [6.45, 7) is 8.47. The van der Waals surface area contributed by atoms with E-state index in [1.54, 1.807) is 64.1 Å². The molecule has 0 aliphatic carbocycles. The van der Waals surface area contributed by atoms with Gasteiger partial charge in [0.2, 0.25) is 11.7 Å². The number of furan rings is 1. The van der Waals surface area contributed by atoms with Crippen molar-refractivity contribution in [3.8, 4) is 0 Å². The smallest absolute Gasteiger partial charge is 0.338 e. The average molecular weight is 575 g/mol. The zero-order chi connectivity index (χ0) is 30.6. The second kappa shape index (κ2) is 12.3. The summed E-state index contributed by atoms with van der Waals surface area (Å²) in [7, 11) is 0. The largest absolute Gasteiger partial charge is 0.462 e. The maximum absolute atomic E-state index is 14.0. The number of hydrogen-bond donors (Lipinski definition) is 2. The van der Waals surface area contributed by atoms with E-state index < -0.39 is 35.1 Å². The van der Waals surface area contributed by atoms with Gasteiger partial charge in [0.1, 0.15) is 6.04 Å². The Labute approximate surface area is 243 Å². The van der Waals surface area contributed by atoms with Crippen molar-refractivity contribution in [2.45, 2.75) is 40.7 Å². The number of benzene rings is 2. The number of ketones is 1. The van der Waals surface area contributed by atoms with Gasteiger partial charge in [-0.3, -0.25) is 14.4 Å². The zero-order valence-corrected chi connectivity index (χ0v) is 24.2. The maximum Gasteiger partial charge on any atom is 0.338 e. The number of carbonyl (C=O) groups is 5. The molecule has 3 aromatic rings. The van der Waals surface area contributed by atoms with Gasteiger partial charge in [-0.15, -0.1) is 0 Å². The molecule has 1 unspecified atom stereocenters. The van der Waals surface area contributed by atoms with E-state index >= 15 is 0 Å². The van der Waals surface area contributed by atoms with Gasteiger partial charge in [-0.25, -0.2) is 9.59 Å². The number of urea groups is 1. The van der Waals surface area contributed by atoms with Gasteiger partial charge in [-0.1, -0.05) is 32.9 Å². The van der Waals surface area contributed by atoms with Crippen LogP contribution in [0.15, 0.2) is 65.3 Å². The molecule has 4 rings (SSSR count). The third-order valence-corrected chi connectivity index (χ3v) is 6.56. The number of esters is 1. The highest BCUT2D eigenvalue weighted by Crippen LogP contribution is 2.36. The van der Waals surface area contributed by atoms with Crippen LogP contribution in [0, 0.1) is 12.3 Å². The minimum atomic E-state index is -1.22. The molecule has 0 saturated carbocycles. The molecule has 0 fully saturated rings. The van der Waals surface area contributed by atoms with Gasteiger partial charge in [0, 0.05) is 11.1 Å². The third-order valence-electron chi connectivity index (χ3n) is 6.56. The Hall–Kier alpha value is -4.93. The Balaban J connectivity index is 1.68. The van der Waals surface area contributed by atoms with Crippen LogP contribution >= 0.6 is 0 Å². The molecule has 2 heterocycles. The molecule has 0 spiro atoms. The van der Waals surface area contributed by atoms with Crippen molar-refractivity contribution in [2.24, 2.45) is 5.41 Å². The summed E-state index contributed by atoms with van der Waals surface area (Å²) in [5.74, 6) is -1.76. The fraction of sp³-hybridized carbons (Fsp3) is 0.323. The molecular formula is C31H34N4O7. The van der Waals surface area contributed by atoms with Crippen molar-refractivity contribution < 1.29 is 33.1 Å². The number of nitrogens with one attached hydrogen (secondary N) is 2. The second-order valence-corrected chi connectivity index (χ2v) is 10.9. The molecular weight excluding hydrogens is 540 g/mol. The van der Waals surface area contributed by atoms with Crippen molar-refractivity contribution >= 4 is 46.7 Å². The van der Waals surface area contributed by atoms with Crippen molar-refractivity contribution in [2.75, 3.05) is 34.8 Å².